The summed E-state index contributed by atoms with van der Waals surface area (Å²) in [7, 11) is 0. The minimum absolute atomic E-state index is 0.0841. The molecule has 0 aliphatic rings. The van der Waals surface area contributed by atoms with E-state index in [0.29, 0.717) is 6.54 Å². The van der Waals surface area contributed by atoms with Gasteiger partial charge in [-0.3, -0.25) is 4.79 Å². The minimum Gasteiger partial charge on any atom is -0.347 e. The largest absolute Gasteiger partial charge is 0.347 e. The van der Waals surface area contributed by atoms with Crippen molar-refractivity contribution in [2.75, 3.05) is 0 Å². The number of carbonyl (C=O) groups is 1. The second kappa shape index (κ2) is 6.57. The minimum atomic E-state index is -0.661. The Labute approximate surface area is 130 Å². The van der Waals surface area contributed by atoms with Crippen molar-refractivity contribution in [3.8, 4) is 0 Å². The first kappa shape index (κ1) is 15.3. The van der Waals surface area contributed by atoms with Gasteiger partial charge in [-0.2, -0.15) is 0 Å². The average molecular weight is 332 g/mol. The van der Waals surface area contributed by atoms with Crippen LogP contribution in [0.2, 0.25) is 10.0 Å². The highest BCUT2D eigenvalue weighted by atomic mass is 35.5. The van der Waals surface area contributed by atoms with Gasteiger partial charge in [0, 0.05) is 9.75 Å². The number of hydrogen-bond donors (Lipinski definition) is 1. The van der Waals surface area contributed by atoms with E-state index in [2.05, 4.69) is 12.2 Å². The Morgan fingerprint density at radius 1 is 1.25 bits per heavy atom. The summed E-state index contributed by atoms with van der Waals surface area (Å²) < 4.78 is 13.4. The molecule has 0 spiro atoms. The SMILES string of the molecule is CCc1ccc(CNC(=O)c2cc(F)c(Cl)cc2Cl)s1. The summed E-state index contributed by atoms with van der Waals surface area (Å²) in [6.07, 6.45) is 0.965. The maximum Gasteiger partial charge on any atom is 0.253 e. The highest BCUT2D eigenvalue weighted by Gasteiger charge is 2.14. The van der Waals surface area contributed by atoms with Crippen molar-refractivity contribution < 1.29 is 9.18 Å². The monoisotopic (exact) mass is 331 g/mol. The molecule has 1 aromatic heterocycles. The van der Waals surface area contributed by atoms with Gasteiger partial charge in [-0.15, -0.1) is 11.3 Å². The molecule has 106 valence electrons. The Kier molecular flexibility index (Phi) is 5.02. The highest BCUT2D eigenvalue weighted by molar-refractivity contribution is 7.11. The fourth-order valence-electron chi connectivity index (χ4n) is 1.67. The number of nitrogens with one attached hydrogen (secondary N) is 1. The summed E-state index contributed by atoms with van der Waals surface area (Å²) in [5.74, 6) is -1.08. The third kappa shape index (κ3) is 3.51. The van der Waals surface area contributed by atoms with Crippen molar-refractivity contribution >= 4 is 40.4 Å². The normalized spacial score (nSPS) is 10.6. The van der Waals surface area contributed by atoms with Crippen molar-refractivity contribution in [1.82, 2.24) is 5.32 Å². The van der Waals surface area contributed by atoms with Crippen LogP contribution in [0.5, 0.6) is 0 Å². The van der Waals surface area contributed by atoms with E-state index in [0.717, 1.165) is 17.4 Å². The van der Waals surface area contributed by atoms with E-state index < -0.39 is 11.7 Å². The van der Waals surface area contributed by atoms with Crippen molar-refractivity contribution in [1.29, 1.82) is 0 Å². The third-order valence-electron chi connectivity index (χ3n) is 2.74. The molecule has 0 bridgehead atoms. The molecule has 1 amide bonds. The van der Waals surface area contributed by atoms with Gasteiger partial charge in [0.25, 0.3) is 5.91 Å². The van der Waals surface area contributed by atoms with Crippen molar-refractivity contribution in [3.05, 3.63) is 55.4 Å². The van der Waals surface area contributed by atoms with Crippen LogP contribution in [0.25, 0.3) is 0 Å². The Morgan fingerprint density at radius 3 is 2.60 bits per heavy atom. The highest BCUT2D eigenvalue weighted by Crippen LogP contribution is 2.24. The second-order valence-corrected chi connectivity index (χ2v) is 6.22. The fraction of sp³-hybridized carbons (Fsp3) is 0.214. The van der Waals surface area contributed by atoms with Crippen LogP contribution < -0.4 is 5.32 Å². The third-order valence-corrected chi connectivity index (χ3v) is 4.58. The molecule has 20 heavy (non-hydrogen) atoms. The van der Waals surface area contributed by atoms with Gasteiger partial charge in [-0.25, -0.2) is 4.39 Å². The van der Waals surface area contributed by atoms with Gasteiger partial charge in [-0.1, -0.05) is 30.1 Å². The lowest BCUT2D eigenvalue weighted by Gasteiger charge is -2.06. The lowest BCUT2D eigenvalue weighted by Crippen LogP contribution is -2.22. The number of hydrogen-bond acceptors (Lipinski definition) is 2. The molecule has 2 aromatic rings. The van der Waals surface area contributed by atoms with Gasteiger partial charge in [0.2, 0.25) is 0 Å². The summed E-state index contributed by atoms with van der Waals surface area (Å²) in [5.41, 5.74) is 0.0841. The van der Waals surface area contributed by atoms with E-state index in [1.165, 1.54) is 10.9 Å². The standard InChI is InChI=1S/C14H12Cl2FNOS/c1-2-8-3-4-9(20-8)7-18-14(19)10-5-13(17)12(16)6-11(10)15/h3-6H,2,7H2,1H3,(H,18,19). The number of thiophene rings is 1. The summed E-state index contributed by atoms with van der Waals surface area (Å²) in [4.78, 5) is 14.3. The first-order valence-corrected chi connectivity index (χ1v) is 7.58. The summed E-state index contributed by atoms with van der Waals surface area (Å²) >= 11 is 13.1. The first-order chi connectivity index (χ1) is 9.51. The summed E-state index contributed by atoms with van der Waals surface area (Å²) in [6.45, 7) is 2.47. The zero-order chi connectivity index (χ0) is 14.7. The van der Waals surface area contributed by atoms with E-state index >= 15 is 0 Å². The van der Waals surface area contributed by atoms with Crippen LogP contribution >= 0.6 is 34.5 Å². The number of benzene rings is 1. The maximum absolute atomic E-state index is 13.4. The molecule has 0 saturated carbocycles. The molecular formula is C14H12Cl2FNOS. The van der Waals surface area contributed by atoms with E-state index in [9.17, 15) is 9.18 Å². The van der Waals surface area contributed by atoms with Gasteiger partial charge >= 0.3 is 0 Å². The topological polar surface area (TPSA) is 29.1 Å². The van der Waals surface area contributed by atoms with Crippen LogP contribution in [0, 0.1) is 5.82 Å². The molecule has 2 nitrogen and oxygen atoms in total. The van der Waals surface area contributed by atoms with Gasteiger partial charge in [-0.05, 0) is 30.7 Å². The lowest BCUT2D eigenvalue weighted by atomic mass is 10.2. The maximum atomic E-state index is 13.4. The molecule has 2 rings (SSSR count). The Hall–Kier alpha value is -1.10. The predicted octanol–water partition coefficient (Wildman–Crippen LogP) is 4.69. The van der Waals surface area contributed by atoms with Gasteiger partial charge < -0.3 is 5.32 Å². The van der Waals surface area contributed by atoms with E-state index in [4.69, 9.17) is 23.2 Å². The molecule has 0 radical (unpaired) electrons. The van der Waals surface area contributed by atoms with E-state index in [1.54, 1.807) is 11.3 Å². The van der Waals surface area contributed by atoms with Gasteiger partial charge in [0.15, 0.2) is 0 Å². The summed E-state index contributed by atoms with van der Waals surface area (Å²) in [6, 6.07) is 6.27. The van der Waals surface area contributed by atoms with E-state index in [-0.39, 0.29) is 15.6 Å². The molecule has 0 fully saturated rings. The molecule has 0 unspecified atom stereocenters. The van der Waals surface area contributed by atoms with Crippen LogP contribution in [-0.2, 0) is 13.0 Å². The van der Waals surface area contributed by atoms with E-state index in [1.807, 2.05) is 12.1 Å². The molecule has 0 aliphatic carbocycles. The molecule has 0 aliphatic heterocycles. The Morgan fingerprint density at radius 2 is 1.95 bits per heavy atom. The van der Waals surface area contributed by atoms with Crippen molar-refractivity contribution in [2.24, 2.45) is 0 Å². The van der Waals surface area contributed by atoms with Crippen molar-refractivity contribution in [3.63, 3.8) is 0 Å². The van der Waals surface area contributed by atoms with Crippen LogP contribution in [0.1, 0.15) is 27.0 Å². The Balaban J connectivity index is 2.07. The molecule has 0 atom stereocenters. The van der Waals surface area contributed by atoms with Crippen LogP contribution in [0.15, 0.2) is 24.3 Å². The lowest BCUT2D eigenvalue weighted by molar-refractivity contribution is 0.0951. The van der Waals surface area contributed by atoms with Gasteiger partial charge in [0.05, 0.1) is 22.2 Å². The number of amides is 1. The van der Waals surface area contributed by atoms with Crippen LogP contribution in [-0.4, -0.2) is 5.91 Å². The average Bonchev–Trinajstić information content (AvgIpc) is 2.88. The summed E-state index contributed by atoms with van der Waals surface area (Å²) in [5, 5.41) is 2.75. The van der Waals surface area contributed by atoms with Gasteiger partial charge in [0.1, 0.15) is 5.82 Å². The molecule has 1 heterocycles. The van der Waals surface area contributed by atoms with Crippen LogP contribution in [0.3, 0.4) is 0 Å². The molecule has 6 heteroatoms. The number of aryl methyl sites for hydroxylation is 1. The first-order valence-electron chi connectivity index (χ1n) is 6.01. The smallest absolute Gasteiger partial charge is 0.253 e. The molecular weight excluding hydrogens is 320 g/mol. The van der Waals surface area contributed by atoms with Crippen LogP contribution in [0.4, 0.5) is 4.39 Å². The molecule has 1 N–H and O–H groups in total. The molecule has 0 saturated heterocycles. The Bertz CT molecular complexity index is 642. The zero-order valence-electron chi connectivity index (χ0n) is 10.7. The van der Waals surface area contributed by atoms with Crippen molar-refractivity contribution in [2.45, 2.75) is 19.9 Å². The number of halogens is 3. The zero-order valence-corrected chi connectivity index (χ0v) is 13.0. The fourth-order valence-corrected chi connectivity index (χ4v) is 3.03. The number of carbonyl (C=O) groups excluding carboxylic acids is 1. The quantitative estimate of drug-likeness (QED) is 0.809. The second-order valence-electron chi connectivity index (χ2n) is 4.15. The predicted molar refractivity (Wildman–Crippen MR) is 81.3 cm³/mol. The number of rotatable bonds is 4. The molecule has 1 aromatic carbocycles.